The smallest absolute Gasteiger partial charge is 0.336 e. The Morgan fingerprint density at radius 3 is 2.68 bits per heavy atom. The molecule has 0 bridgehead atoms. The molecule has 8 heteroatoms. The highest BCUT2D eigenvalue weighted by atomic mass is 32.1. The molecule has 0 saturated heterocycles. The number of H-pyrrole nitrogens is 1. The van der Waals surface area contributed by atoms with Crippen molar-refractivity contribution in [3.05, 3.63) is 93.7 Å². The second kappa shape index (κ2) is 9.20. The highest BCUT2D eigenvalue weighted by Gasteiger charge is 2.21. The Kier molecular flexibility index (Phi) is 6.20. The van der Waals surface area contributed by atoms with Gasteiger partial charge in [0.05, 0.1) is 12.2 Å². The van der Waals surface area contributed by atoms with Crippen LogP contribution in [0.15, 0.2) is 60.2 Å². The summed E-state index contributed by atoms with van der Waals surface area (Å²) in [4.78, 5) is 23.6. The summed E-state index contributed by atoms with van der Waals surface area (Å²) in [7, 11) is 0. The Balaban J connectivity index is 1.66. The lowest BCUT2D eigenvalue weighted by Gasteiger charge is -2.18. The van der Waals surface area contributed by atoms with Crippen molar-refractivity contribution in [3.8, 4) is 11.1 Å². The van der Waals surface area contributed by atoms with Gasteiger partial charge in [-0.2, -0.15) is 0 Å². The van der Waals surface area contributed by atoms with Crippen molar-refractivity contribution in [2.45, 2.75) is 19.4 Å². The topological polar surface area (TPSA) is 88.1 Å². The first-order chi connectivity index (χ1) is 15.0. The van der Waals surface area contributed by atoms with Crippen LogP contribution in [-0.4, -0.2) is 32.6 Å². The fraction of sp³-hybridized carbons (Fsp3) is 0.174. The number of hydrogen-bond donors (Lipinski definition) is 2. The van der Waals surface area contributed by atoms with E-state index in [9.17, 15) is 14.3 Å². The quantitative estimate of drug-likeness (QED) is 0.404. The zero-order valence-electron chi connectivity index (χ0n) is 16.7. The van der Waals surface area contributed by atoms with Gasteiger partial charge in [0.1, 0.15) is 22.8 Å². The molecule has 158 valence electrons. The first-order valence-corrected chi connectivity index (χ1v) is 10.5. The number of carboxylic acid groups (broad SMARTS) is 1. The Labute approximate surface area is 182 Å². The molecule has 2 aromatic carbocycles. The van der Waals surface area contributed by atoms with Crippen LogP contribution in [0.25, 0.3) is 11.1 Å². The molecule has 4 rings (SSSR count). The summed E-state index contributed by atoms with van der Waals surface area (Å²) in [5, 5.41) is 12.3. The summed E-state index contributed by atoms with van der Waals surface area (Å²) < 4.78 is 19.6. The maximum atomic E-state index is 13.4. The standard InChI is InChI=1S/C23H20FN3O3S/c1-14-26-13-18(27-14)8-10-30-21(22-25-9-11-31-22)16-4-7-19(23(28)29)20(12-16)15-2-5-17(24)6-3-15/h2-7,9,11-13,21H,8,10H2,1H3,(H,26,27)(H,28,29). The van der Waals surface area contributed by atoms with Gasteiger partial charge in [0.25, 0.3) is 0 Å². The molecule has 1 atom stereocenters. The zero-order valence-corrected chi connectivity index (χ0v) is 17.5. The van der Waals surface area contributed by atoms with Crippen LogP contribution in [0.2, 0.25) is 0 Å². The number of halogens is 1. The van der Waals surface area contributed by atoms with Crippen LogP contribution in [0.5, 0.6) is 0 Å². The fourth-order valence-corrected chi connectivity index (χ4v) is 4.05. The van der Waals surface area contributed by atoms with Gasteiger partial charge in [-0.1, -0.05) is 18.2 Å². The number of imidazole rings is 1. The van der Waals surface area contributed by atoms with Crippen LogP contribution in [0.3, 0.4) is 0 Å². The van der Waals surface area contributed by atoms with Crippen LogP contribution in [0, 0.1) is 12.7 Å². The van der Waals surface area contributed by atoms with Crippen molar-refractivity contribution in [2.24, 2.45) is 0 Å². The van der Waals surface area contributed by atoms with Crippen LogP contribution >= 0.6 is 11.3 Å². The van der Waals surface area contributed by atoms with E-state index in [-0.39, 0.29) is 11.4 Å². The number of nitrogens with one attached hydrogen (secondary N) is 1. The molecule has 31 heavy (non-hydrogen) atoms. The van der Waals surface area contributed by atoms with E-state index < -0.39 is 12.1 Å². The van der Waals surface area contributed by atoms with Crippen molar-refractivity contribution < 1.29 is 19.0 Å². The van der Waals surface area contributed by atoms with Gasteiger partial charge < -0.3 is 14.8 Å². The van der Waals surface area contributed by atoms with Crippen LogP contribution in [0.4, 0.5) is 4.39 Å². The van der Waals surface area contributed by atoms with Crippen LogP contribution in [0.1, 0.15) is 38.6 Å². The van der Waals surface area contributed by atoms with E-state index in [1.54, 1.807) is 42.7 Å². The maximum Gasteiger partial charge on any atom is 0.336 e. The Bertz CT molecular complexity index is 1170. The first-order valence-electron chi connectivity index (χ1n) is 9.66. The summed E-state index contributed by atoms with van der Waals surface area (Å²) >= 11 is 1.47. The molecular weight excluding hydrogens is 417 g/mol. The third-order valence-electron chi connectivity index (χ3n) is 4.82. The first kappa shape index (κ1) is 20.9. The maximum absolute atomic E-state index is 13.4. The predicted octanol–water partition coefficient (Wildman–Crippen LogP) is 5.03. The minimum atomic E-state index is -1.05. The molecule has 2 N–H and O–H groups in total. The summed E-state index contributed by atoms with van der Waals surface area (Å²) in [5.41, 5.74) is 3.01. The molecule has 6 nitrogen and oxygen atoms in total. The number of ether oxygens (including phenoxy) is 1. The van der Waals surface area contributed by atoms with Gasteiger partial charge in [0, 0.05) is 29.9 Å². The second-order valence-corrected chi connectivity index (χ2v) is 7.91. The van der Waals surface area contributed by atoms with Crippen molar-refractivity contribution in [3.63, 3.8) is 0 Å². The highest BCUT2D eigenvalue weighted by Crippen LogP contribution is 2.33. The number of aromatic carboxylic acids is 1. The summed E-state index contributed by atoms with van der Waals surface area (Å²) in [6.45, 7) is 2.32. The lowest BCUT2D eigenvalue weighted by molar-refractivity contribution is 0.0696. The molecule has 2 aromatic heterocycles. The third-order valence-corrected chi connectivity index (χ3v) is 5.64. The number of carbonyl (C=O) groups is 1. The van der Waals surface area contributed by atoms with Crippen LogP contribution < -0.4 is 0 Å². The van der Waals surface area contributed by atoms with E-state index in [1.165, 1.54) is 23.5 Å². The van der Waals surface area contributed by atoms with Crippen molar-refractivity contribution >= 4 is 17.3 Å². The SMILES string of the molecule is Cc1ncc(CCOC(c2ccc(C(=O)O)c(-c3ccc(F)cc3)c2)c2nccs2)[nH]1. The number of rotatable bonds is 8. The van der Waals surface area contributed by atoms with E-state index in [1.807, 2.05) is 12.3 Å². The molecule has 0 spiro atoms. The Morgan fingerprint density at radius 1 is 1.23 bits per heavy atom. The lowest BCUT2D eigenvalue weighted by atomic mass is 9.95. The number of aromatic nitrogens is 3. The normalized spacial score (nSPS) is 12.1. The van der Waals surface area contributed by atoms with Crippen molar-refractivity contribution in [1.29, 1.82) is 0 Å². The average Bonchev–Trinajstić information content (AvgIpc) is 3.43. The fourth-order valence-electron chi connectivity index (χ4n) is 3.34. The molecule has 4 aromatic rings. The molecule has 0 fully saturated rings. The second-order valence-electron chi connectivity index (χ2n) is 6.98. The molecule has 0 radical (unpaired) electrons. The molecule has 0 saturated carbocycles. The number of aryl methyl sites for hydroxylation is 1. The van der Waals surface area contributed by atoms with Gasteiger partial charge in [0.15, 0.2) is 0 Å². The van der Waals surface area contributed by atoms with Gasteiger partial charge in [-0.05, 0) is 47.9 Å². The number of carboxylic acids is 1. The molecular formula is C23H20FN3O3S. The Morgan fingerprint density at radius 2 is 2.03 bits per heavy atom. The van der Waals surface area contributed by atoms with Gasteiger partial charge >= 0.3 is 5.97 Å². The third kappa shape index (κ3) is 4.87. The molecule has 0 aliphatic rings. The number of nitrogens with zero attached hydrogens (tertiary/aromatic N) is 2. The summed E-state index contributed by atoms with van der Waals surface area (Å²) in [6, 6.07) is 10.8. The van der Waals surface area contributed by atoms with Gasteiger partial charge in [-0.3, -0.25) is 0 Å². The van der Waals surface area contributed by atoms with Gasteiger partial charge in [-0.15, -0.1) is 11.3 Å². The molecule has 2 heterocycles. The highest BCUT2D eigenvalue weighted by molar-refractivity contribution is 7.09. The van der Waals surface area contributed by atoms with E-state index in [2.05, 4.69) is 15.0 Å². The minimum absolute atomic E-state index is 0.140. The molecule has 0 aliphatic carbocycles. The van der Waals surface area contributed by atoms with E-state index in [4.69, 9.17) is 4.74 Å². The number of thiazole rings is 1. The molecule has 0 aliphatic heterocycles. The van der Waals surface area contributed by atoms with Crippen molar-refractivity contribution in [1.82, 2.24) is 15.0 Å². The number of hydrogen-bond acceptors (Lipinski definition) is 5. The van der Waals surface area contributed by atoms with Crippen molar-refractivity contribution in [2.75, 3.05) is 6.61 Å². The minimum Gasteiger partial charge on any atom is -0.478 e. The van der Waals surface area contributed by atoms with E-state index >= 15 is 0 Å². The lowest BCUT2D eigenvalue weighted by Crippen LogP contribution is -2.10. The summed E-state index contributed by atoms with van der Waals surface area (Å²) in [6.07, 6.45) is 3.69. The molecule has 0 amide bonds. The summed E-state index contributed by atoms with van der Waals surface area (Å²) in [5.74, 6) is -0.582. The van der Waals surface area contributed by atoms with Gasteiger partial charge in [-0.25, -0.2) is 19.2 Å². The largest absolute Gasteiger partial charge is 0.478 e. The van der Waals surface area contributed by atoms with E-state index in [0.29, 0.717) is 24.2 Å². The van der Waals surface area contributed by atoms with Crippen LogP contribution in [-0.2, 0) is 11.2 Å². The van der Waals surface area contributed by atoms with Gasteiger partial charge in [0.2, 0.25) is 0 Å². The molecule has 1 unspecified atom stereocenters. The Hall–Kier alpha value is -3.36. The monoisotopic (exact) mass is 437 g/mol. The van der Waals surface area contributed by atoms with E-state index in [0.717, 1.165) is 22.1 Å². The predicted molar refractivity (Wildman–Crippen MR) is 116 cm³/mol. The average molecular weight is 437 g/mol. The number of aromatic amines is 1. The zero-order chi connectivity index (χ0) is 21.8. The number of benzene rings is 2.